The molecule has 0 fully saturated rings. The van der Waals surface area contributed by atoms with E-state index in [2.05, 4.69) is 14.6 Å². The van der Waals surface area contributed by atoms with Gasteiger partial charge >= 0.3 is 5.97 Å². The lowest BCUT2D eigenvalue weighted by atomic mass is 9.95. The van der Waals surface area contributed by atoms with Gasteiger partial charge in [-0.3, -0.25) is 4.98 Å². The minimum absolute atomic E-state index is 0.0773. The first kappa shape index (κ1) is 15.6. The molecule has 0 N–H and O–H groups in total. The van der Waals surface area contributed by atoms with Crippen LogP contribution in [0.2, 0.25) is 0 Å². The van der Waals surface area contributed by atoms with E-state index in [1.165, 1.54) is 19.2 Å². The van der Waals surface area contributed by atoms with Crippen molar-refractivity contribution in [2.45, 2.75) is 0 Å². The van der Waals surface area contributed by atoms with Gasteiger partial charge in [0.15, 0.2) is 17.3 Å². The number of aromatic nitrogens is 1. The Morgan fingerprint density at radius 2 is 1.79 bits per heavy atom. The average molecular weight is 324 g/mol. The first-order valence-electron chi connectivity index (χ1n) is 6.88. The number of hydrogen-bond acceptors (Lipinski definition) is 3. The predicted molar refractivity (Wildman–Crippen MR) is 84.7 cm³/mol. The number of pyridine rings is 1. The topological polar surface area (TPSA) is 43.5 Å². The highest BCUT2D eigenvalue weighted by atomic mass is 19.1. The summed E-state index contributed by atoms with van der Waals surface area (Å²) in [4.78, 5) is 18.6. The molecule has 0 saturated carbocycles. The Hall–Kier alpha value is -3.33. The fourth-order valence-electron chi connectivity index (χ4n) is 2.56. The van der Waals surface area contributed by atoms with Gasteiger partial charge in [-0.2, -0.15) is 0 Å². The predicted octanol–water partition coefficient (Wildman–Crippen LogP) is 4.52. The molecule has 24 heavy (non-hydrogen) atoms. The van der Waals surface area contributed by atoms with Crippen molar-refractivity contribution in [2.75, 3.05) is 7.11 Å². The second-order valence-electron chi connectivity index (χ2n) is 4.98. The molecule has 0 atom stereocenters. The summed E-state index contributed by atoms with van der Waals surface area (Å²) in [6, 6.07) is 7.79. The zero-order valence-electron chi connectivity index (χ0n) is 12.5. The number of esters is 1. The maximum absolute atomic E-state index is 14.2. The molecule has 0 saturated heterocycles. The summed E-state index contributed by atoms with van der Waals surface area (Å²) in [7, 11) is 1.24. The lowest BCUT2D eigenvalue weighted by Gasteiger charge is -2.12. The number of nitrogens with zero attached hydrogens (tertiary/aromatic N) is 2. The maximum Gasteiger partial charge on any atom is 0.337 e. The Bertz CT molecular complexity index is 990. The second kappa shape index (κ2) is 6.05. The van der Waals surface area contributed by atoms with Crippen LogP contribution in [0.4, 0.5) is 14.5 Å². The highest BCUT2D eigenvalue weighted by Gasteiger charge is 2.19. The zero-order chi connectivity index (χ0) is 17.3. The molecule has 118 valence electrons. The van der Waals surface area contributed by atoms with Crippen LogP contribution < -0.4 is 0 Å². The third kappa shape index (κ3) is 2.46. The van der Waals surface area contributed by atoms with Crippen molar-refractivity contribution in [3.63, 3.8) is 0 Å². The molecule has 1 heterocycles. The van der Waals surface area contributed by atoms with E-state index in [1.54, 1.807) is 18.2 Å². The minimum atomic E-state index is -0.879. The van der Waals surface area contributed by atoms with Crippen LogP contribution in [0.1, 0.15) is 10.4 Å². The number of carbonyl (C=O) groups excluding carboxylic acids is 1. The summed E-state index contributed by atoms with van der Waals surface area (Å²) in [5.41, 5.74) is 0.0473. The van der Waals surface area contributed by atoms with Crippen LogP contribution in [0, 0.1) is 18.2 Å². The monoisotopic (exact) mass is 324 g/mol. The van der Waals surface area contributed by atoms with Gasteiger partial charge in [-0.15, -0.1) is 0 Å². The number of rotatable bonds is 2. The third-order valence-electron chi connectivity index (χ3n) is 3.64. The van der Waals surface area contributed by atoms with Crippen molar-refractivity contribution in [3.8, 4) is 11.1 Å². The second-order valence-corrected chi connectivity index (χ2v) is 4.98. The highest BCUT2D eigenvalue weighted by Crippen LogP contribution is 2.40. The molecule has 6 heteroatoms. The Balaban J connectivity index is 2.44. The van der Waals surface area contributed by atoms with Gasteiger partial charge in [0.05, 0.1) is 31.6 Å². The molecule has 0 amide bonds. The number of fused-ring (bicyclic) bond motifs is 1. The summed E-state index contributed by atoms with van der Waals surface area (Å²) >= 11 is 0. The summed E-state index contributed by atoms with van der Waals surface area (Å²) in [6.45, 7) is 7.30. The minimum Gasteiger partial charge on any atom is -0.465 e. The maximum atomic E-state index is 14.2. The zero-order valence-corrected chi connectivity index (χ0v) is 12.5. The van der Waals surface area contributed by atoms with Gasteiger partial charge in [0, 0.05) is 11.1 Å². The van der Waals surface area contributed by atoms with E-state index in [1.807, 2.05) is 0 Å². The third-order valence-corrected chi connectivity index (χ3v) is 3.64. The van der Waals surface area contributed by atoms with Crippen LogP contribution in [-0.2, 0) is 4.74 Å². The lowest BCUT2D eigenvalue weighted by molar-refractivity contribution is 0.0601. The largest absolute Gasteiger partial charge is 0.465 e. The van der Waals surface area contributed by atoms with E-state index >= 15 is 0 Å². The van der Waals surface area contributed by atoms with E-state index in [9.17, 15) is 13.6 Å². The van der Waals surface area contributed by atoms with Crippen LogP contribution in [0.25, 0.3) is 26.7 Å². The number of ether oxygens (including phenoxy) is 1. The van der Waals surface area contributed by atoms with E-state index in [0.29, 0.717) is 10.8 Å². The Morgan fingerprint density at radius 3 is 2.42 bits per heavy atom. The summed E-state index contributed by atoms with van der Waals surface area (Å²) in [6.07, 6.45) is 1.77. The molecule has 3 aromatic rings. The van der Waals surface area contributed by atoms with Crippen molar-refractivity contribution in [3.05, 3.63) is 71.3 Å². The Kier molecular flexibility index (Phi) is 3.92. The quantitative estimate of drug-likeness (QED) is 0.514. The molecule has 0 spiro atoms. The molecule has 3 rings (SSSR count). The molecule has 4 nitrogen and oxygen atoms in total. The summed E-state index contributed by atoms with van der Waals surface area (Å²) < 4.78 is 33.1. The van der Waals surface area contributed by atoms with Crippen molar-refractivity contribution >= 4 is 22.4 Å². The standard InChI is InChI=1S/C18H10F2N2O2/c1-21-15-6-5-10-3-4-11(18(23)24-2)7-12(10)16(15)17-13(19)8-22-9-14(17)20/h3-9H,2H3. The van der Waals surface area contributed by atoms with Gasteiger partial charge in [0.1, 0.15) is 0 Å². The van der Waals surface area contributed by atoms with Gasteiger partial charge in [0.25, 0.3) is 0 Å². The van der Waals surface area contributed by atoms with Gasteiger partial charge in [0.2, 0.25) is 0 Å². The Morgan fingerprint density at radius 1 is 1.12 bits per heavy atom. The molecule has 0 unspecified atom stereocenters. The van der Waals surface area contributed by atoms with Crippen LogP contribution in [0.5, 0.6) is 0 Å². The number of carbonyl (C=O) groups is 1. The molecule has 0 bridgehead atoms. The highest BCUT2D eigenvalue weighted by molar-refractivity contribution is 6.06. The van der Waals surface area contributed by atoms with Crippen molar-refractivity contribution in [1.29, 1.82) is 0 Å². The van der Waals surface area contributed by atoms with Crippen LogP contribution >= 0.6 is 0 Å². The van der Waals surface area contributed by atoms with Gasteiger partial charge < -0.3 is 4.74 Å². The van der Waals surface area contributed by atoms with Gasteiger partial charge in [-0.05, 0) is 22.9 Å². The first-order valence-corrected chi connectivity index (χ1v) is 6.88. The van der Waals surface area contributed by atoms with E-state index in [0.717, 1.165) is 12.4 Å². The lowest BCUT2D eigenvalue weighted by Crippen LogP contribution is -2.01. The molecule has 0 aliphatic heterocycles. The van der Waals surface area contributed by atoms with E-state index < -0.39 is 17.6 Å². The normalized spacial score (nSPS) is 10.4. The number of methoxy groups -OCH3 is 1. The summed E-state index contributed by atoms with van der Waals surface area (Å²) in [5, 5.41) is 1.02. The fraction of sp³-hybridized carbons (Fsp3) is 0.0556. The van der Waals surface area contributed by atoms with Crippen molar-refractivity contribution < 1.29 is 18.3 Å². The molecular formula is C18H10F2N2O2. The summed E-state index contributed by atoms with van der Waals surface area (Å²) in [5.74, 6) is -2.33. The molecule has 2 aromatic carbocycles. The molecule has 0 aliphatic carbocycles. The molecule has 0 radical (unpaired) electrons. The molecule has 0 aliphatic rings. The van der Waals surface area contributed by atoms with Crippen LogP contribution in [-0.4, -0.2) is 18.1 Å². The molecule has 1 aromatic heterocycles. The van der Waals surface area contributed by atoms with Gasteiger partial charge in [-0.25, -0.2) is 18.4 Å². The number of hydrogen-bond donors (Lipinski definition) is 0. The van der Waals surface area contributed by atoms with E-state index in [4.69, 9.17) is 6.57 Å². The SMILES string of the molecule is [C-]#[N+]c1ccc2ccc(C(=O)OC)cc2c1-c1c(F)cncc1F. The van der Waals surface area contributed by atoms with Crippen molar-refractivity contribution in [1.82, 2.24) is 4.98 Å². The number of benzene rings is 2. The van der Waals surface area contributed by atoms with Crippen molar-refractivity contribution in [2.24, 2.45) is 0 Å². The van der Waals surface area contributed by atoms with E-state index in [-0.39, 0.29) is 22.4 Å². The van der Waals surface area contributed by atoms with Gasteiger partial charge in [-0.1, -0.05) is 18.2 Å². The Labute approximate surface area is 136 Å². The molecular weight excluding hydrogens is 314 g/mol. The number of halogens is 2. The first-order chi connectivity index (χ1) is 11.6. The average Bonchev–Trinajstić information content (AvgIpc) is 2.60. The van der Waals surface area contributed by atoms with Crippen LogP contribution in [0.3, 0.4) is 0 Å². The van der Waals surface area contributed by atoms with Crippen LogP contribution in [0.15, 0.2) is 42.7 Å². The smallest absolute Gasteiger partial charge is 0.337 e. The fourth-order valence-corrected chi connectivity index (χ4v) is 2.56.